The van der Waals surface area contributed by atoms with Crippen LogP contribution in [0.1, 0.15) is 0 Å². The van der Waals surface area contributed by atoms with E-state index in [1.54, 1.807) is 14.2 Å². The van der Waals surface area contributed by atoms with Gasteiger partial charge >= 0.3 is 0 Å². The van der Waals surface area contributed by atoms with Crippen molar-refractivity contribution in [3.05, 3.63) is 30.6 Å². The summed E-state index contributed by atoms with van der Waals surface area (Å²) in [5, 5.41) is 0. The third kappa shape index (κ3) is 2.65. The molecule has 0 fully saturated rings. The molecule has 0 radical (unpaired) electrons. The molecule has 0 amide bonds. The van der Waals surface area contributed by atoms with Crippen molar-refractivity contribution in [2.75, 3.05) is 27.4 Å². The van der Waals surface area contributed by atoms with E-state index in [1.165, 1.54) is 11.0 Å². The van der Waals surface area contributed by atoms with Gasteiger partial charge in [0.1, 0.15) is 13.1 Å². The van der Waals surface area contributed by atoms with E-state index in [4.69, 9.17) is 9.47 Å². The van der Waals surface area contributed by atoms with Crippen LogP contribution in [0.3, 0.4) is 0 Å². The van der Waals surface area contributed by atoms with Gasteiger partial charge in [0.25, 0.3) is 0 Å². The summed E-state index contributed by atoms with van der Waals surface area (Å²) in [4.78, 5) is 0. The Morgan fingerprint density at radius 1 is 1.12 bits per heavy atom. The van der Waals surface area contributed by atoms with Crippen LogP contribution in [0.5, 0.6) is 0 Å². The van der Waals surface area contributed by atoms with Crippen LogP contribution >= 0.6 is 0 Å². The summed E-state index contributed by atoms with van der Waals surface area (Å²) >= 11 is 0. The predicted molar refractivity (Wildman–Crippen MR) is 65.9 cm³/mol. The summed E-state index contributed by atoms with van der Waals surface area (Å²) in [5.74, 6) is 0. The van der Waals surface area contributed by atoms with E-state index in [-0.39, 0.29) is 0 Å². The SMILES string of the molecule is COCCn1c[n+](CCOC)c2ccccc21. The molecule has 2 aromatic rings. The van der Waals surface area contributed by atoms with Crippen LogP contribution in [-0.4, -0.2) is 32.0 Å². The van der Waals surface area contributed by atoms with Gasteiger partial charge in [0.15, 0.2) is 11.0 Å². The minimum Gasteiger partial charge on any atom is -0.381 e. The van der Waals surface area contributed by atoms with E-state index in [1.807, 2.05) is 0 Å². The molecule has 0 N–H and O–H groups in total. The number of hydrogen-bond donors (Lipinski definition) is 0. The zero-order valence-corrected chi connectivity index (χ0v) is 10.4. The zero-order chi connectivity index (χ0) is 12.1. The molecule has 4 heteroatoms. The molecule has 0 aliphatic rings. The molecular weight excluding hydrogens is 216 g/mol. The molecule has 4 nitrogen and oxygen atoms in total. The maximum atomic E-state index is 5.13. The van der Waals surface area contributed by atoms with Crippen molar-refractivity contribution in [3.63, 3.8) is 0 Å². The average molecular weight is 235 g/mol. The lowest BCUT2D eigenvalue weighted by molar-refractivity contribution is -0.673. The van der Waals surface area contributed by atoms with Gasteiger partial charge < -0.3 is 9.47 Å². The number of hydrogen-bond acceptors (Lipinski definition) is 2. The normalized spacial score (nSPS) is 11.2. The van der Waals surface area contributed by atoms with Gasteiger partial charge in [-0.15, -0.1) is 0 Å². The Morgan fingerprint density at radius 2 is 1.88 bits per heavy atom. The van der Waals surface area contributed by atoms with Crippen molar-refractivity contribution in [2.45, 2.75) is 13.1 Å². The number of imidazole rings is 1. The number of fused-ring (bicyclic) bond motifs is 1. The lowest BCUT2D eigenvalue weighted by Gasteiger charge is -1.95. The van der Waals surface area contributed by atoms with E-state index in [9.17, 15) is 0 Å². The Labute approximate surface area is 101 Å². The van der Waals surface area contributed by atoms with Crippen molar-refractivity contribution in [2.24, 2.45) is 0 Å². The first-order valence-corrected chi connectivity index (χ1v) is 5.82. The average Bonchev–Trinajstić information content (AvgIpc) is 2.72. The Kier molecular flexibility index (Phi) is 4.12. The minimum absolute atomic E-state index is 0.725. The first kappa shape index (κ1) is 12.1. The van der Waals surface area contributed by atoms with Crippen LogP contribution in [0, 0.1) is 0 Å². The molecule has 1 aromatic carbocycles. The molecule has 0 bridgehead atoms. The number of ether oxygens (including phenoxy) is 2. The standard InChI is InChI=1S/C13H19N2O2/c1-16-9-7-14-11-15(8-10-17-2)13-6-4-3-5-12(13)14/h3-6,11H,7-10H2,1-2H3/q+1. The molecule has 0 atom stereocenters. The number of aromatic nitrogens is 2. The maximum Gasteiger partial charge on any atom is 0.244 e. The summed E-state index contributed by atoms with van der Waals surface area (Å²) in [5.41, 5.74) is 2.47. The van der Waals surface area contributed by atoms with Gasteiger partial charge in [-0.2, -0.15) is 0 Å². The summed E-state index contributed by atoms with van der Waals surface area (Å²) in [6.07, 6.45) is 2.13. The Balaban J connectivity index is 2.32. The Bertz CT molecular complexity index is 437. The first-order chi connectivity index (χ1) is 8.36. The first-order valence-electron chi connectivity index (χ1n) is 5.82. The molecule has 0 saturated heterocycles. The number of methoxy groups -OCH3 is 2. The van der Waals surface area contributed by atoms with Crippen LogP contribution in [0.4, 0.5) is 0 Å². The largest absolute Gasteiger partial charge is 0.381 e. The molecule has 1 heterocycles. The fourth-order valence-corrected chi connectivity index (χ4v) is 1.98. The maximum absolute atomic E-state index is 5.13. The molecule has 0 aliphatic heterocycles. The second-order valence-corrected chi connectivity index (χ2v) is 3.98. The summed E-state index contributed by atoms with van der Waals surface area (Å²) in [6, 6.07) is 8.39. The molecule has 2 rings (SSSR count). The van der Waals surface area contributed by atoms with Gasteiger partial charge in [-0.1, -0.05) is 12.1 Å². The predicted octanol–water partition coefficient (Wildman–Crippen LogP) is 1.22. The van der Waals surface area contributed by atoms with Crippen molar-refractivity contribution >= 4 is 11.0 Å². The zero-order valence-electron chi connectivity index (χ0n) is 10.4. The quantitative estimate of drug-likeness (QED) is 0.704. The van der Waals surface area contributed by atoms with Crippen molar-refractivity contribution in [1.82, 2.24) is 4.57 Å². The molecule has 0 saturated carbocycles. The minimum atomic E-state index is 0.725. The van der Waals surface area contributed by atoms with Gasteiger partial charge in [-0.05, 0) is 12.1 Å². The van der Waals surface area contributed by atoms with Crippen molar-refractivity contribution < 1.29 is 14.0 Å². The van der Waals surface area contributed by atoms with E-state index in [0.29, 0.717) is 0 Å². The molecule has 0 aliphatic carbocycles. The van der Waals surface area contributed by atoms with Gasteiger partial charge in [0.2, 0.25) is 6.33 Å². The molecular formula is C13H19N2O2+. The molecule has 1 aromatic heterocycles. The van der Waals surface area contributed by atoms with Crippen molar-refractivity contribution in [1.29, 1.82) is 0 Å². The molecule has 0 spiro atoms. The number of rotatable bonds is 6. The van der Waals surface area contributed by atoms with Gasteiger partial charge in [0.05, 0.1) is 13.2 Å². The fourth-order valence-electron chi connectivity index (χ4n) is 1.98. The summed E-state index contributed by atoms with van der Waals surface area (Å²) in [7, 11) is 3.45. The van der Waals surface area contributed by atoms with E-state index >= 15 is 0 Å². The van der Waals surface area contributed by atoms with Crippen LogP contribution in [-0.2, 0) is 22.6 Å². The van der Waals surface area contributed by atoms with Crippen LogP contribution in [0.25, 0.3) is 11.0 Å². The van der Waals surface area contributed by atoms with Crippen LogP contribution in [0.15, 0.2) is 30.6 Å². The molecule has 92 valence electrons. The van der Waals surface area contributed by atoms with Gasteiger partial charge in [0, 0.05) is 14.2 Å². The van der Waals surface area contributed by atoms with Crippen LogP contribution in [0.2, 0.25) is 0 Å². The molecule has 0 unspecified atom stereocenters. The Hall–Kier alpha value is -1.39. The van der Waals surface area contributed by atoms with Crippen LogP contribution < -0.4 is 4.57 Å². The highest BCUT2D eigenvalue weighted by molar-refractivity contribution is 5.71. The summed E-state index contributed by atoms with van der Waals surface area (Å²) in [6.45, 7) is 3.19. The second-order valence-electron chi connectivity index (χ2n) is 3.98. The lowest BCUT2D eigenvalue weighted by Crippen LogP contribution is -2.34. The highest BCUT2D eigenvalue weighted by atomic mass is 16.5. The second kappa shape index (κ2) is 5.80. The van der Waals surface area contributed by atoms with Gasteiger partial charge in [-0.3, -0.25) is 0 Å². The Morgan fingerprint density at radius 3 is 2.65 bits per heavy atom. The van der Waals surface area contributed by atoms with E-state index in [0.717, 1.165) is 26.3 Å². The third-order valence-corrected chi connectivity index (χ3v) is 2.85. The molecule has 17 heavy (non-hydrogen) atoms. The topological polar surface area (TPSA) is 27.3 Å². The fraction of sp³-hybridized carbons (Fsp3) is 0.462. The number of para-hydroxylation sites is 2. The van der Waals surface area contributed by atoms with Gasteiger partial charge in [-0.25, -0.2) is 9.13 Å². The highest BCUT2D eigenvalue weighted by Crippen LogP contribution is 2.10. The summed E-state index contributed by atoms with van der Waals surface area (Å²) < 4.78 is 14.7. The lowest BCUT2D eigenvalue weighted by atomic mass is 10.3. The monoisotopic (exact) mass is 235 g/mol. The van der Waals surface area contributed by atoms with Crippen molar-refractivity contribution in [3.8, 4) is 0 Å². The number of benzene rings is 1. The van der Waals surface area contributed by atoms with E-state index < -0.39 is 0 Å². The number of nitrogens with zero attached hydrogens (tertiary/aromatic N) is 2. The highest BCUT2D eigenvalue weighted by Gasteiger charge is 2.13. The smallest absolute Gasteiger partial charge is 0.244 e. The van der Waals surface area contributed by atoms with E-state index in [2.05, 4.69) is 39.7 Å². The third-order valence-electron chi connectivity index (χ3n) is 2.85.